The SMILES string of the molecule is O=C(c1ccc(Cl)cc1)n1c(-c2ccccc2)c(Sc2nn[nH]n2)c2ccccc21. The molecule has 5 aromatic rings. The molecule has 8 heteroatoms. The quantitative estimate of drug-likeness (QED) is 0.417. The summed E-state index contributed by atoms with van der Waals surface area (Å²) in [6, 6.07) is 24.5. The molecule has 0 atom stereocenters. The Kier molecular flexibility index (Phi) is 4.82. The standard InChI is InChI=1S/C22H14ClN5OS/c23-16-12-10-15(11-13-16)21(29)28-18-9-5-4-8-17(18)20(30-22-24-26-27-25-22)19(28)14-6-2-1-3-7-14/h1-13H,(H,24,25,26,27). The molecule has 146 valence electrons. The molecular formula is C22H14ClN5OS. The van der Waals surface area contributed by atoms with Gasteiger partial charge >= 0.3 is 0 Å². The average Bonchev–Trinajstić information content (AvgIpc) is 3.41. The molecule has 0 saturated carbocycles. The third-order valence-electron chi connectivity index (χ3n) is 4.69. The molecule has 2 heterocycles. The van der Waals surface area contributed by atoms with Crippen molar-refractivity contribution in [3.8, 4) is 11.3 Å². The number of benzene rings is 3. The van der Waals surface area contributed by atoms with E-state index in [1.807, 2.05) is 54.6 Å². The largest absolute Gasteiger partial charge is 0.275 e. The van der Waals surface area contributed by atoms with Gasteiger partial charge in [-0.05, 0) is 52.9 Å². The summed E-state index contributed by atoms with van der Waals surface area (Å²) in [4.78, 5) is 14.5. The van der Waals surface area contributed by atoms with Crippen molar-refractivity contribution in [1.29, 1.82) is 0 Å². The lowest BCUT2D eigenvalue weighted by molar-refractivity contribution is 0.0966. The molecule has 1 N–H and O–H groups in total. The van der Waals surface area contributed by atoms with Gasteiger partial charge in [0.1, 0.15) is 0 Å². The first-order chi connectivity index (χ1) is 14.7. The summed E-state index contributed by atoms with van der Waals surface area (Å²) in [6.07, 6.45) is 0. The van der Waals surface area contributed by atoms with Crippen LogP contribution in [0.15, 0.2) is 88.9 Å². The molecule has 2 aromatic heterocycles. The van der Waals surface area contributed by atoms with Gasteiger partial charge in [-0.2, -0.15) is 5.21 Å². The fourth-order valence-electron chi connectivity index (χ4n) is 3.39. The highest BCUT2D eigenvalue weighted by Gasteiger charge is 2.25. The smallest absolute Gasteiger partial charge is 0.262 e. The maximum absolute atomic E-state index is 13.6. The van der Waals surface area contributed by atoms with Crippen LogP contribution in [-0.4, -0.2) is 31.1 Å². The zero-order valence-corrected chi connectivity index (χ0v) is 17.1. The summed E-state index contributed by atoms with van der Waals surface area (Å²) >= 11 is 7.39. The van der Waals surface area contributed by atoms with Gasteiger partial charge in [-0.3, -0.25) is 9.36 Å². The number of tetrazole rings is 1. The average molecular weight is 432 g/mol. The number of halogens is 1. The zero-order valence-electron chi connectivity index (χ0n) is 15.5. The Morgan fingerprint density at radius 1 is 0.933 bits per heavy atom. The number of hydrogen-bond acceptors (Lipinski definition) is 5. The number of aromatic nitrogens is 5. The first-order valence-corrected chi connectivity index (χ1v) is 10.3. The number of nitrogens with zero attached hydrogens (tertiary/aromatic N) is 4. The molecule has 0 bridgehead atoms. The number of H-pyrrole nitrogens is 1. The van der Waals surface area contributed by atoms with Gasteiger partial charge in [0, 0.05) is 20.9 Å². The molecule has 0 aliphatic carbocycles. The van der Waals surface area contributed by atoms with Crippen LogP contribution in [-0.2, 0) is 0 Å². The van der Waals surface area contributed by atoms with Gasteiger partial charge in [0.2, 0.25) is 5.16 Å². The predicted molar refractivity (Wildman–Crippen MR) is 117 cm³/mol. The number of hydrogen-bond donors (Lipinski definition) is 1. The number of carbonyl (C=O) groups is 1. The molecule has 0 unspecified atom stereocenters. The van der Waals surface area contributed by atoms with Crippen LogP contribution >= 0.6 is 23.4 Å². The van der Waals surface area contributed by atoms with E-state index in [9.17, 15) is 4.79 Å². The molecule has 0 fully saturated rings. The van der Waals surface area contributed by atoms with Gasteiger partial charge in [-0.25, -0.2) is 0 Å². The Bertz CT molecular complexity index is 1330. The lowest BCUT2D eigenvalue weighted by Gasteiger charge is -2.11. The first-order valence-electron chi connectivity index (χ1n) is 9.13. The van der Waals surface area contributed by atoms with E-state index in [1.165, 1.54) is 11.8 Å². The van der Waals surface area contributed by atoms with Crippen molar-refractivity contribution in [1.82, 2.24) is 25.2 Å². The minimum Gasteiger partial charge on any atom is -0.275 e. The van der Waals surface area contributed by atoms with E-state index in [1.54, 1.807) is 28.8 Å². The number of nitrogens with one attached hydrogen (secondary N) is 1. The number of rotatable bonds is 4. The van der Waals surface area contributed by atoms with E-state index in [2.05, 4.69) is 20.6 Å². The highest BCUT2D eigenvalue weighted by molar-refractivity contribution is 7.99. The highest BCUT2D eigenvalue weighted by atomic mass is 35.5. The van der Waals surface area contributed by atoms with E-state index >= 15 is 0 Å². The second-order valence-corrected chi connectivity index (χ2v) is 7.92. The van der Waals surface area contributed by atoms with Crippen molar-refractivity contribution in [2.75, 3.05) is 0 Å². The molecule has 0 saturated heterocycles. The van der Waals surface area contributed by atoms with E-state index in [-0.39, 0.29) is 5.91 Å². The van der Waals surface area contributed by atoms with Gasteiger partial charge in [-0.1, -0.05) is 60.1 Å². The number of fused-ring (bicyclic) bond motifs is 1. The fraction of sp³-hybridized carbons (Fsp3) is 0. The Morgan fingerprint density at radius 2 is 1.67 bits per heavy atom. The van der Waals surface area contributed by atoms with Crippen molar-refractivity contribution in [3.63, 3.8) is 0 Å². The third kappa shape index (κ3) is 3.28. The van der Waals surface area contributed by atoms with Crippen molar-refractivity contribution in [2.24, 2.45) is 0 Å². The number of carbonyl (C=O) groups excluding carboxylic acids is 1. The molecule has 0 aliphatic rings. The van der Waals surface area contributed by atoms with Crippen molar-refractivity contribution >= 4 is 40.2 Å². The predicted octanol–water partition coefficient (Wildman–Crippen LogP) is 5.31. The molecule has 0 spiro atoms. The summed E-state index contributed by atoms with van der Waals surface area (Å²) in [5.74, 6) is -0.137. The molecule has 0 radical (unpaired) electrons. The van der Waals surface area contributed by atoms with E-state index in [0.29, 0.717) is 15.7 Å². The topological polar surface area (TPSA) is 76.5 Å². The van der Waals surface area contributed by atoms with Gasteiger partial charge in [-0.15, -0.1) is 10.2 Å². The van der Waals surface area contributed by atoms with Crippen LogP contribution in [0, 0.1) is 0 Å². The monoisotopic (exact) mass is 431 g/mol. The summed E-state index contributed by atoms with van der Waals surface area (Å²) in [5.41, 5.74) is 3.06. The maximum Gasteiger partial charge on any atom is 0.262 e. The van der Waals surface area contributed by atoms with Crippen molar-refractivity contribution in [2.45, 2.75) is 10.1 Å². The molecular weight excluding hydrogens is 418 g/mol. The minimum absolute atomic E-state index is 0.137. The minimum atomic E-state index is -0.137. The van der Waals surface area contributed by atoms with Gasteiger partial charge in [0.05, 0.1) is 11.2 Å². The van der Waals surface area contributed by atoms with Crippen LogP contribution in [0.5, 0.6) is 0 Å². The summed E-state index contributed by atoms with van der Waals surface area (Å²) in [5, 5.41) is 16.3. The highest BCUT2D eigenvalue weighted by Crippen LogP contribution is 2.42. The molecule has 30 heavy (non-hydrogen) atoms. The van der Waals surface area contributed by atoms with Gasteiger partial charge < -0.3 is 0 Å². The fourth-order valence-corrected chi connectivity index (χ4v) is 4.45. The summed E-state index contributed by atoms with van der Waals surface area (Å²) in [6.45, 7) is 0. The maximum atomic E-state index is 13.6. The van der Waals surface area contributed by atoms with Crippen molar-refractivity contribution in [3.05, 3.63) is 89.4 Å². The molecule has 0 aliphatic heterocycles. The molecule has 5 rings (SSSR count). The third-order valence-corrected chi connectivity index (χ3v) is 5.91. The Hall–Kier alpha value is -3.42. The van der Waals surface area contributed by atoms with E-state index in [4.69, 9.17) is 11.6 Å². The van der Waals surface area contributed by atoms with Crippen LogP contribution in [0.3, 0.4) is 0 Å². The Labute approximate surface area is 180 Å². The number of para-hydroxylation sites is 1. The van der Waals surface area contributed by atoms with Gasteiger partial charge in [0.15, 0.2) is 0 Å². The van der Waals surface area contributed by atoms with E-state index < -0.39 is 0 Å². The Balaban J connectivity index is 1.80. The first kappa shape index (κ1) is 18.6. The lowest BCUT2D eigenvalue weighted by atomic mass is 10.1. The molecule has 0 amide bonds. The second-order valence-electron chi connectivity index (χ2n) is 6.50. The number of aromatic amines is 1. The van der Waals surface area contributed by atoms with Crippen LogP contribution in [0.25, 0.3) is 22.2 Å². The lowest BCUT2D eigenvalue weighted by Crippen LogP contribution is -2.13. The van der Waals surface area contributed by atoms with Crippen LogP contribution in [0.2, 0.25) is 5.02 Å². The van der Waals surface area contributed by atoms with E-state index in [0.717, 1.165) is 27.1 Å². The van der Waals surface area contributed by atoms with Gasteiger partial charge in [0.25, 0.3) is 5.91 Å². The second kappa shape index (κ2) is 7.78. The van der Waals surface area contributed by atoms with Crippen molar-refractivity contribution < 1.29 is 4.79 Å². The summed E-state index contributed by atoms with van der Waals surface area (Å²) in [7, 11) is 0. The van der Waals surface area contributed by atoms with Crippen LogP contribution in [0.1, 0.15) is 10.4 Å². The van der Waals surface area contributed by atoms with Crippen LogP contribution < -0.4 is 0 Å². The van der Waals surface area contributed by atoms with Crippen LogP contribution in [0.4, 0.5) is 0 Å². The zero-order chi connectivity index (χ0) is 20.5. The normalized spacial score (nSPS) is 11.1. The summed E-state index contributed by atoms with van der Waals surface area (Å²) < 4.78 is 1.75. The molecule has 6 nitrogen and oxygen atoms in total. The Morgan fingerprint density at radius 3 is 2.40 bits per heavy atom. The molecule has 3 aromatic carbocycles.